The predicted molar refractivity (Wildman–Crippen MR) is 63.4 cm³/mol. The summed E-state index contributed by atoms with van der Waals surface area (Å²) in [5, 5.41) is 9.98. The van der Waals surface area contributed by atoms with Gasteiger partial charge >= 0.3 is 0 Å². The van der Waals surface area contributed by atoms with Gasteiger partial charge in [-0.2, -0.15) is 0 Å². The summed E-state index contributed by atoms with van der Waals surface area (Å²) in [7, 11) is -1.19. The van der Waals surface area contributed by atoms with Gasteiger partial charge < -0.3 is 5.11 Å². The van der Waals surface area contributed by atoms with E-state index in [4.69, 9.17) is 5.11 Å². The minimum atomic E-state index is -1.19. The lowest BCUT2D eigenvalue weighted by Crippen LogP contribution is -2.37. The molecule has 1 aromatic rings. The van der Waals surface area contributed by atoms with Crippen LogP contribution in [0, 0.1) is 11.8 Å². The molecule has 1 rings (SSSR count). The first-order valence-electron chi connectivity index (χ1n) is 4.74. The first kappa shape index (κ1) is 11.0. The third kappa shape index (κ3) is 3.02. The SMILES string of the molecule is C[Si](C)(C)c1ccc(C#CCO)cc1. The molecule has 0 saturated heterocycles. The van der Waals surface area contributed by atoms with Gasteiger partial charge in [-0.3, -0.25) is 0 Å². The highest BCUT2D eigenvalue weighted by Gasteiger charge is 2.15. The number of aliphatic hydroxyl groups excluding tert-OH is 1. The molecular weight excluding hydrogens is 188 g/mol. The molecule has 1 aromatic carbocycles. The van der Waals surface area contributed by atoms with Gasteiger partial charge in [0.05, 0.1) is 8.07 Å². The molecule has 2 heteroatoms. The summed E-state index contributed by atoms with van der Waals surface area (Å²) in [5.74, 6) is 5.53. The molecule has 0 atom stereocenters. The van der Waals surface area contributed by atoms with E-state index in [0.29, 0.717) is 0 Å². The van der Waals surface area contributed by atoms with E-state index in [1.165, 1.54) is 5.19 Å². The summed E-state index contributed by atoms with van der Waals surface area (Å²) in [6.07, 6.45) is 0. The van der Waals surface area contributed by atoms with E-state index in [-0.39, 0.29) is 6.61 Å². The van der Waals surface area contributed by atoms with Crippen LogP contribution in [0.3, 0.4) is 0 Å². The Morgan fingerprint density at radius 3 is 2.14 bits per heavy atom. The van der Waals surface area contributed by atoms with Gasteiger partial charge in [-0.05, 0) is 12.1 Å². The quantitative estimate of drug-likeness (QED) is 0.544. The van der Waals surface area contributed by atoms with Crippen LogP contribution in [-0.2, 0) is 0 Å². The average Bonchev–Trinajstić information content (AvgIpc) is 2.14. The van der Waals surface area contributed by atoms with Gasteiger partial charge in [-0.25, -0.2) is 0 Å². The number of hydrogen-bond acceptors (Lipinski definition) is 1. The zero-order valence-electron chi connectivity index (χ0n) is 8.96. The zero-order chi connectivity index (χ0) is 10.6. The molecule has 0 unspecified atom stereocenters. The Bertz CT molecular complexity index is 349. The van der Waals surface area contributed by atoms with Gasteiger partial charge in [0.15, 0.2) is 0 Å². The molecule has 0 heterocycles. The summed E-state index contributed by atoms with van der Waals surface area (Å²) in [6.45, 7) is 6.89. The van der Waals surface area contributed by atoms with Crippen LogP contribution in [-0.4, -0.2) is 19.8 Å². The van der Waals surface area contributed by atoms with Crippen molar-refractivity contribution in [2.75, 3.05) is 6.61 Å². The molecule has 0 aliphatic rings. The summed E-state index contributed by atoms with van der Waals surface area (Å²) >= 11 is 0. The van der Waals surface area contributed by atoms with E-state index in [0.717, 1.165) is 5.56 Å². The Labute approximate surface area is 86.8 Å². The molecule has 74 valence electrons. The lowest BCUT2D eigenvalue weighted by atomic mass is 10.2. The van der Waals surface area contributed by atoms with Crippen LogP contribution in [0.15, 0.2) is 24.3 Å². The fourth-order valence-electron chi connectivity index (χ4n) is 1.20. The lowest BCUT2D eigenvalue weighted by Gasteiger charge is -2.15. The molecule has 0 radical (unpaired) electrons. The second-order valence-electron chi connectivity index (χ2n) is 4.29. The Kier molecular flexibility index (Phi) is 3.51. The molecule has 0 aliphatic heterocycles. The first-order valence-corrected chi connectivity index (χ1v) is 8.24. The molecule has 14 heavy (non-hydrogen) atoms. The van der Waals surface area contributed by atoms with Gasteiger partial charge in [0.2, 0.25) is 0 Å². The minimum absolute atomic E-state index is 0.0736. The monoisotopic (exact) mass is 204 g/mol. The summed E-state index contributed by atoms with van der Waals surface area (Å²) in [5.41, 5.74) is 0.973. The fourth-order valence-corrected chi connectivity index (χ4v) is 2.36. The highest BCUT2D eigenvalue weighted by Crippen LogP contribution is 2.03. The normalized spacial score (nSPS) is 10.6. The number of aliphatic hydroxyl groups is 1. The Hall–Kier alpha value is -1.04. The van der Waals surface area contributed by atoms with E-state index in [9.17, 15) is 0 Å². The van der Waals surface area contributed by atoms with Crippen molar-refractivity contribution in [3.05, 3.63) is 29.8 Å². The van der Waals surface area contributed by atoms with E-state index < -0.39 is 8.07 Å². The number of hydrogen-bond donors (Lipinski definition) is 1. The molecule has 0 bridgehead atoms. The molecule has 0 fully saturated rings. The van der Waals surface area contributed by atoms with E-state index >= 15 is 0 Å². The van der Waals surface area contributed by atoms with E-state index in [1.54, 1.807) is 0 Å². The second-order valence-corrected chi connectivity index (χ2v) is 9.36. The highest BCUT2D eigenvalue weighted by atomic mass is 28.3. The van der Waals surface area contributed by atoms with Crippen LogP contribution in [0.1, 0.15) is 5.56 Å². The smallest absolute Gasteiger partial charge is 0.104 e. The van der Waals surface area contributed by atoms with Crippen molar-refractivity contribution in [2.24, 2.45) is 0 Å². The minimum Gasteiger partial charge on any atom is -0.384 e. The van der Waals surface area contributed by atoms with Gasteiger partial charge in [-0.1, -0.05) is 48.8 Å². The standard InChI is InChI=1S/C12H16OSi/c1-14(2,3)12-8-6-11(7-9-12)5-4-10-13/h6-9,13H,10H2,1-3H3. The molecular formula is C12H16OSi. The van der Waals surface area contributed by atoms with Crippen molar-refractivity contribution in [3.63, 3.8) is 0 Å². The summed E-state index contributed by atoms with van der Waals surface area (Å²) in [6, 6.07) is 8.34. The van der Waals surface area contributed by atoms with E-state index in [1.807, 2.05) is 12.1 Å². The van der Waals surface area contributed by atoms with Gasteiger partial charge in [0.25, 0.3) is 0 Å². The third-order valence-corrected chi connectivity index (χ3v) is 4.13. The number of rotatable bonds is 1. The van der Waals surface area contributed by atoms with Crippen LogP contribution in [0.2, 0.25) is 19.6 Å². The molecule has 1 N–H and O–H groups in total. The molecule has 0 saturated carbocycles. The molecule has 0 aliphatic carbocycles. The lowest BCUT2D eigenvalue weighted by molar-refractivity contribution is 0.350. The van der Waals surface area contributed by atoms with Crippen molar-refractivity contribution >= 4 is 13.3 Å². The first-order chi connectivity index (χ1) is 6.54. The van der Waals surface area contributed by atoms with Crippen molar-refractivity contribution in [2.45, 2.75) is 19.6 Å². The molecule has 1 nitrogen and oxygen atoms in total. The molecule has 0 spiro atoms. The Morgan fingerprint density at radius 1 is 1.14 bits per heavy atom. The Morgan fingerprint density at radius 2 is 1.71 bits per heavy atom. The molecule has 0 amide bonds. The fraction of sp³-hybridized carbons (Fsp3) is 0.333. The second kappa shape index (κ2) is 4.45. The van der Waals surface area contributed by atoms with Crippen molar-refractivity contribution < 1.29 is 5.11 Å². The Balaban J connectivity index is 2.89. The summed E-state index contributed by atoms with van der Waals surface area (Å²) in [4.78, 5) is 0. The van der Waals surface area contributed by atoms with Crippen LogP contribution in [0.5, 0.6) is 0 Å². The average molecular weight is 204 g/mol. The maximum absolute atomic E-state index is 8.54. The molecule has 0 aromatic heterocycles. The zero-order valence-corrected chi connectivity index (χ0v) is 9.96. The maximum atomic E-state index is 8.54. The van der Waals surface area contributed by atoms with Gasteiger partial charge in [-0.15, -0.1) is 0 Å². The van der Waals surface area contributed by atoms with Crippen molar-refractivity contribution in [3.8, 4) is 11.8 Å². The topological polar surface area (TPSA) is 20.2 Å². The third-order valence-electron chi connectivity index (χ3n) is 2.06. The van der Waals surface area contributed by atoms with Crippen LogP contribution < -0.4 is 5.19 Å². The van der Waals surface area contributed by atoms with Crippen molar-refractivity contribution in [1.82, 2.24) is 0 Å². The number of benzene rings is 1. The van der Waals surface area contributed by atoms with Crippen LogP contribution in [0.25, 0.3) is 0 Å². The van der Waals surface area contributed by atoms with Gasteiger partial charge in [0, 0.05) is 5.56 Å². The largest absolute Gasteiger partial charge is 0.384 e. The highest BCUT2D eigenvalue weighted by molar-refractivity contribution is 6.88. The van der Waals surface area contributed by atoms with E-state index in [2.05, 4.69) is 43.6 Å². The van der Waals surface area contributed by atoms with Crippen LogP contribution in [0.4, 0.5) is 0 Å². The van der Waals surface area contributed by atoms with Gasteiger partial charge in [0.1, 0.15) is 6.61 Å². The maximum Gasteiger partial charge on any atom is 0.104 e. The van der Waals surface area contributed by atoms with Crippen molar-refractivity contribution in [1.29, 1.82) is 0 Å². The summed E-state index contributed by atoms with van der Waals surface area (Å²) < 4.78 is 0. The van der Waals surface area contributed by atoms with Crippen LogP contribution >= 0.6 is 0 Å². The predicted octanol–water partition coefficient (Wildman–Crippen LogP) is 1.58.